The molecule has 0 aliphatic rings. The standard InChI is InChI=1S/C14H22N2O2/c1-3-12-6-4-5-7-13(12)18-10-14(17)16-9-11(2)8-15/h4-7,11H,3,8-10,15H2,1-2H3,(H,16,17). The number of nitrogens with one attached hydrogen (secondary N) is 1. The quantitative estimate of drug-likeness (QED) is 0.767. The normalized spacial score (nSPS) is 11.9. The van der Waals surface area contributed by atoms with Crippen LogP contribution < -0.4 is 15.8 Å². The van der Waals surface area contributed by atoms with Crippen molar-refractivity contribution in [3.8, 4) is 5.75 Å². The van der Waals surface area contributed by atoms with Gasteiger partial charge in [-0.25, -0.2) is 0 Å². The molecule has 0 saturated heterocycles. The van der Waals surface area contributed by atoms with E-state index in [-0.39, 0.29) is 18.4 Å². The van der Waals surface area contributed by atoms with E-state index in [2.05, 4.69) is 12.2 Å². The third-order valence-corrected chi connectivity index (χ3v) is 2.76. The minimum Gasteiger partial charge on any atom is -0.483 e. The van der Waals surface area contributed by atoms with Crippen LogP contribution in [0.15, 0.2) is 24.3 Å². The van der Waals surface area contributed by atoms with Crippen molar-refractivity contribution in [3.05, 3.63) is 29.8 Å². The Bertz CT molecular complexity index is 380. The molecule has 0 aromatic heterocycles. The molecule has 4 heteroatoms. The SMILES string of the molecule is CCc1ccccc1OCC(=O)NCC(C)CN. The fourth-order valence-electron chi connectivity index (χ4n) is 1.50. The van der Waals surface area contributed by atoms with E-state index in [4.69, 9.17) is 10.5 Å². The Morgan fingerprint density at radius 2 is 2.17 bits per heavy atom. The Morgan fingerprint density at radius 1 is 1.44 bits per heavy atom. The second kappa shape index (κ2) is 7.71. The summed E-state index contributed by atoms with van der Waals surface area (Å²) in [7, 11) is 0. The van der Waals surface area contributed by atoms with Crippen LogP contribution in [0.3, 0.4) is 0 Å². The molecule has 18 heavy (non-hydrogen) atoms. The number of aryl methyl sites for hydroxylation is 1. The van der Waals surface area contributed by atoms with E-state index < -0.39 is 0 Å². The van der Waals surface area contributed by atoms with Crippen LogP contribution in [0.25, 0.3) is 0 Å². The van der Waals surface area contributed by atoms with Crippen molar-refractivity contribution < 1.29 is 9.53 Å². The van der Waals surface area contributed by atoms with E-state index in [1.807, 2.05) is 31.2 Å². The summed E-state index contributed by atoms with van der Waals surface area (Å²) in [5, 5.41) is 2.80. The van der Waals surface area contributed by atoms with Crippen LogP contribution in [0.4, 0.5) is 0 Å². The number of benzene rings is 1. The van der Waals surface area contributed by atoms with Gasteiger partial charge in [0.25, 0.3) is 5.91 Å². The number of nitrogens with two attached hydrogens (primary N) is 1. The molecule has 3 N–H and O–H groups in total. The van der Waals surface area contributed by atoms with Crippen LogP contribution in [0.1, 0.15) is 19.4 Å². The number of carbonyl (C=O) groups is 1. The number of hydrogen-bond donors (Lipinski definition) is 2. The molecular weight excluding hydrogens is 228 g/mol. The van der Waals surface area contributed by atoms with Gasteiger partial charge in [-0.2, -0.15) is 0 Å². The van der Waals surface area contributed by atoms with Gasteiger partial charge in [0.05, 0.1) is 0 Å². The lowest BCUT2D eigenvalue weighted by atomic mass is 10.1. The molecular formula is C14H22N2O2. The van der Waals surface area contributed by atoms with Gasteiger partial charge in [-0.15, -0.1) is 0 Å². The molecule has 0 fully saturated rings. The van der Waals surface area contributed by atoms with Crippen molar-refractivity contribution in [1.29, 1.82) is 0 Å². The number of carbonyl (C=O) groups excluding carboxylic acids is 1. The van der Waals surface area contributed by atoms with E-state index in [9.17, 15) is 4.79 Å². The van der Waals surface area contributed by atoms with Crippen molar-refractivity contribution >= 4 is 5.91 Å². The van der Waals surface area contributed by atoms with Gasteiger partial charge in [-0.3, -0.25) is 4.79 Å². The molecule has 0 radical (unpaired) electrons. The molecule has 100 valence electrons. The van der Waals surface area contributed by atoms with Crippen LogP contribution in [0.2, 0.25) is 0 Å². The fourth-order valence-corrected chi connectivity index (χ4v) is 1.50. The maximum atomic E-state index is 11.6. The zero-order valence-corrected chi connectivity index (χ0v) is 11.1. The first-order valence-corrected chi connectivity index (χ1v) is 6.34. The van der Waals surface area contributed by atoms with Gasteiger partial charge >= 0.3 is 0 Å². The first kappa shape index (κ1) is 14.5. The molecule has 1 amide bonds. The van der Waals surface area contributed by atoms with Gasteiger partial charge in [0.1, 0.15) is 5.75 Å². The van der Waals surface area contributed by atoms with Crippen molar-refractivity contribution in [2.45, 2.75) is 20.3 Å². The highest BCUT2D eigenvalue weighted by molar-refractivity contribution is 5.77. The maximum Gasteiger partial charge on any atom is 0.257 e. The monoisotopic (exact) mass is 250 g/mol. The predicted octanol–water partition coefficient (Wildman–Crippen LogP) is 1.34. The maximum absolute atomic E-state index is 11.6. The van der Waals surface area contributed by atoms with Crippen LogP contribution in [0.5, 0.6) is 5.75 Å². The van der Waals surface area contributed by atoms with E-state index in [1.54, 1.807) is 0 Å². The molecule has 1 rings (SSSR count). The Balaban J connectivity index is 2.38. The Labute approximate surface area is 109 Å². The number of amides is 1. The first-order valence-electron chi connectivity index (χ1n) is 6.34. The summed E-state index contributed by atoms with van der Waals surface area (Å²) < 4.78 is 5.51. The summed E-state index contributed by atoms with van der Waals surface area (Å²) in [6, 6.07) is 7.76. The van der Waals surface area contributed by atoms with Crippen molar-refractivity contribution in [3.63, 3.8) is 0 Å². The average molecular weight is 250 g/mol. The summed E-state index contributed by atoms with van der Waals surface area (Å²) in [5.74, 6) is 0.958. The van der Waals surface area contributed by atoms with E-state index in [0.29, 0.717) is 13.1 Å². The first-order chi connectivity index (χ1) is 8.67. The second-order valence-corrected chi connectivity index (χ2v) is 4.39. The van der Waals surface area contributed by atoms with Crippen LogP contribution in [-0.4, -0.2) is 25.6 Å². The number of ether oxygens (including phenoxy) is 1. The van der Waals surface area contributed by atoms with Crippen LogP contribution >= 0.6 is 0 Å². The number of hydrogen-bond acceptors (Lipinski definition) is 3. The predicted molar refractivity (Wildman–Crippen MR) is 72.5 cm³/mol. The summed E-state index contributed by atoms with van der Waals surface area (Å²) in [5.41, 5.74) is 6.59. The van der Waals surface area contributed by atoms with Gasteiger partial charge in [0.15, 0.2) is 6.61 Å². The summed E-state index contributed by atoms with van der Waals surface area (Å²) in [6.45, 7) is 5.26. The highest BCUT2D eigenvalue weighted by Gasteiger charge is 2.06. The number of para-hydroxylation sites is 1. The molecule has 0 bridgehead atoms. The van der Waals surface area contributed by atoms with Crippen LogP contribution in [0, 0.1) is 5.92 Å². The Morgan fingerprint density at radius 3 is 2.83 bits per heavy atom. The lowest BCUT2D eigenvalue weighted by Gasteiger charge is -2.12. The van der Waals surface area contributed by atoms with Gasteiger partial charge in [0, 0.05) is 6.54 Å². The minimum absolute atomic E-state index is 0.0499. The Hall–Kier alpha value is -1.55. The molecule has 0 aliphatic carbocycles. The number of rotatable bonds is 7. The largest absolute Gasteiger partial charge is 0.483 e. The highest BCUT2D eigenvalue weighted by atomic mass is 16.5. The van der Waals surface area contributed by atoms with Crippen molar-refractivity contribution in [1.82, 2.24) is 5.32 Å². The van der Waals surface area contributed by atoms with E-state index in [0.717, 1.165) is 17.7 Å². The second-order valence-electron chi connectivity index (χ2n) is 4.39. The van der Waals surface area contributed by atoms with Gasteiger partial charge in [0.2, 0.25) is 0 Å². The molecule has 4 nitrogen and oxygen atoms in total. The van der Waals surface area contributed by atoms with Gasteiger partial charge in [-0.05, 0) is 30.5 Å². The topological polar surface area (TPSA) is 64.3 Å². The van der Waals surface area contributed by atoms with Gasteiger partial charge in [-0.1, -0.05) is 32.0 Å². The summed E-state index contributed by atoms with van der Waals surface area (Å²) in [6.07, 6.45) is 0.891. The molecule has 1 aromatic carbocycles. The van der Waals surface area contributed by atoms with Crippen LogP contribution in [-0.2, 0) is 11.2 Å². The lowest BCUT2D eigenvalue weighted by Crippen LogP contribution is -2.34. The average Bonchev–Trinajstić information content (AvgIpc) is 2.42. The summed E-state index contributed by atoms with van der Waals surface area (Å²) in [4.78, 5) is 11.6. The highest BCUT2D eigenvalue weighted by Crippen LogP contribution is 2.17. The molecule has 0 heterocycles. The lowest BCUT2D eigenvalue weighted by molar-refractivity contribution is -0.123. The van der Waals surface area contributed by atoms with E-state index >= 15 is 0 Å². The molecule has 0 spiro atoms. The van der Waals surface area contributed by atoms with E-state index in [1.165, 1.54) is 0 Å². The van der Waals surface area contributed by atoms with Crippen molar-refractivity contribution in [2.24, 2.45) is 11.7 Å². The zero-order valence-electron chi connectivity index (χ0n) is 11.1. The Kier molecular flexibility index (Phi) is 6.22. The molecule has 1 unspecified atom stereocenters. The molecule has 0 saturated carbocycles. The zero-order chi connectivity index (χ0) is 13.4. The van der Waals surface area contributed by atoms with Gasteiger partial charge < -0.3 is 15.8 Å². The third-order valence-electron chi connectivity index (χ3n) is 2.76. The summed E-state index contributed by atoms with van der Waals surface area (Å²) >= 11 is 0. The third kappa shape index (κ3) is 4.75. The molecule has 0 aliphatic heterocycles. The molecule has 1 atom stereocenters. The smallest absolute Gasteiger partial charge is 0.257 e. The molecule has 1 aromatic rings. The minimum atomic E-state index is -0.110. The fraction of sp³-hybridized carbons (Fsp3) is 0.500. The van der Waals surface area contributed by atoms with Crippen molar-refractivity contribution in [2.75, 3.05) is 19.7 Å².